The number of aromatic nitrogens is 2. The topological polar surface area (TPSA) is 143 Å². The molecule has 150 valence electrons. The number of halogens is 1. The van der Waals surface area contributed by atoms with Crippen molar-refractivity contribution < 1.29 is 13.2 Å². The van der Waals surface area contributed by atoms with Crippen LogP contribution in [0.15, 0.2) is 30.5 Å². The summed E-state index contributed by atoms with van der Waals surface area (Å²) in [6.45, 7) is 0. The lowest BCUT2D eigenvalue weighted by Crippen LogP contribution is -2.41. The second kappa shape index (κ2) is 7.90. The van der Waals surface area contributed by atoms with Gasteiger partial charge in [0.05, 0.1) is 12.3 Å². The molecule has 3 rings (SSSR count). The normalized spacial score (nSPS) is 20.1. The molecule has 0 radical (unpaired) electrons. The van der Waals surface area contributed by atoms with Gasteiger partial charge in [-0.3, -0.25) is 9.48 Å². The smallest absolute Gasteiger partial charge is 0.254 e. The summed E-state index contributed by atoms with van der Waals surface area (Å²) in [5.41, 5.74) is 6.71. The number of primary amides is 1. The van der Waals surface area contributed by atoms with Gasteiger partial charge in [0.2, 0.25) is 10.0 Å². The first kappa shape index (κ1) is 20.3. The molecule has 1 aliphatic rings. The predicted octanol–water partition coefficient (Wildman–Crippen LogP) is 2.04. The summed E-state index contributed by atoms with van der Waals surface area (Å²) in [4.78, 5) is 11.8. The molecule has 28 heavy (non-hydrogen) atoms. The Bertz CT molecular complexity index is 1000. The van der Waals surface area contributed by atoms with Crippen LogP contribution in [0.5, 0.6) is 0 Å². The van der Waals surface area contributed by atoms with Crippen LogP contribution in [-0.4, -0.2) is 42.1 Å². The Morgan fingerprint density at radius 2 is 2.00 bits per heavy atom. The second-order valence-corrected chi connectivity index (χ2v) is 8.99. The SMILES string of the molecule is CS(=O)(=O)N[C@H]1CC[C@H](n2cc(C(N)=O)c(Nc3ccc(Cl)cc3)n2)C(=N)C1. The standard InChI is InChI=1S/C17H21ClN6O3S/c1-28(26,27)23-12-6-7-15(14(19)8-12)24-9-13(16(20)25)17(22-24)21-11-4-2-10(18)3-5-11/h2-5,9,12,15,19,23H,6-8H2,1H3,(H2,20,25)(H,21,22)/t12-,15-/m0/s1. The highest BCUT2D eigenvalue weighted by molar-refractivity contribution is 7.88. The molecule has 1 aromatic heterocycles. The largest absolute Gasteiger partial charge is 0.365 e. The summed E-state index contributed by atoms with van der Waals surface area (Å²) < 4.78 is 26.9. The van der Waals surface area contributed by atoms with Gasteiger partial charge in [-0.1, -0.05) is 11.6 Å². The van der Waals surface area contributed by atoms with Gasteiger partial charge in [-0.25, -0.2) is 13.1 Å². The van der Waals surface area contributed by atoms with E-state index in [4.69, 9.17) is 22.7 Å². The minimum atomic E-state index is -3.33. The molecule has 5 N–H and O–H groups in total. The monoisotopic (exact) mass is 424 g/mol. The van der Waals surface area contributed by atoms with Gasteiger partial charge >= 0.3 is 0 Å². The summed E-state index contributed by atoms with van der Waals surface area (Å²) in [6, 6.07) is 6.23. The zero-order valence-electron chi connectivity index (χ0n) is 15.1. The molecule has 11 heteroatoms. The van der Waals surface area contributed by atoms with Crippen molar-refractivity contribution in [1.29, 1.82) is 5.41 Å². The molecule has 1 heterocycles. The average molecular weight is 425 g/mol. The Hall–Kier alpha value is -2.43. The number of benzene rings is 1. The van der Waals surface area contributed by atoms with E-state index in [9.17, 15) is 13.2 Å². The molecular weight excluding hydrogens is 404 g/mol. The number of hydrogen-bond acceptors (Lipinski definition) is 6. The number of hydrogen-bond donors (Lipinski definition) is 4. The van der Waals surface area contributed by atoms with Crippen LogP contribution in [0, 0.1) is 5.41 Å². The van der Waals surface area contributed by atoms with E-state index in [0.717, 1.165) is 6.26 Å². The van der Waals surface area contributed by atoms with Crippen LogP contribution in [0.1, 0.15) is 35.7 Å². The van der Waals surface area contributed by atoms with Crippen LogP contribution in [0.3, 0.4) is 0 Å². The van der Waals surface area contributed by atoms with E-state index in [1.807, 2.05) is 0 Å². The summed E-state index contributed by atoms with van der Waals surface area (Å²) in [5.74, 6) is -0.347. The second-order valence-electron chi connectivity index (χ2n) is 6.78. The third-order valence-corrected chi connectivity index (χ3v) is 5.48. The minimum Gasteiger partial charge on any atom is -0.365 e. The lowest BCUT2D eigenvalue weighted by Gasteiger charge is -2.29. The maximum Gasteiger partial charge on any atom is 0.254 e. The number of rotatable bonds is 6. The molecule has 0 saturated heterocycles. The highest BCUT2D eigenvalue weighted by Crippen LogP contribution is 2.29. The van der Waals surface area contributed by atoms with E-state index in [0.29, 0.717) is 35.1 Å². The Morgan fingerprint density at radius 1 is 1.32 bits per heavy atom. The summed E-state index contributed by atoms with van der Waals surface area (Å²) >= 11 is 5.88. The van der Waals surface area contributed by atoms with Crippen molar-refractivity contribution in [3.63, 3.8) is 0 Å². The number of sulfonamides is 1. The van der Waals surface area contributed by atoms with Gasteiger partial charge in [-0.2, -0.15) is 5.10 Å². The van der Waals surface area contributed by atoms with Gasteiger partial charge in [0, 0.05) is 35.1 Å². The number of nitrogens with one attached hydrogen (secondary N) is 3. The fourth-order valence-electron chi connectivity index (χ4n) is 3.23. The molecule has 1 aromatic carbocycles. The Balaban J connectivity index is 1.80. The van der Waals surface area contributed by atoms with E-state index in [1.165, 1.54) is 10.9 Å². The summed E-state index contributed by atoms with van der Waals surface area (Å²) in [6.07, 6.45) is 3.98. The zero-order chi connectivity index (χ0) is 20.5. The molecule has 0 spiro atoms. The number of anilines is 2. The molecule has 2 aromatic rings. The first-order valence-corrected chi connectivity index (χ1v) is 10.9. The van der Waals surface area contributed by atoms with Crippen molar-refractivity contribution in [3.05, 3.63) is 41.0 Å². The third-order valence-electron chi connectivity index (χ3n) is 4.46. The number of carbonyl (C=O) groups excluding carboxylic acids is 1. The molecule has 2 atom stereocenters. The highest BCUT2D eigenvalue weighted by Gasteiger charge is 2.30. The Morgan fingerprint density at radius 3 is 2.57 bits per heavy atom. The van der Waals surface area contributed by atoms with Gasteiger partial charge < -0.3 is 16.5 Å². The number of nitrogens with zero attached hydrogens (tertiary/aromatic N) is 2. The van der Waals surface area contributed by atoms with Gasteiger partial charge in [0.1, 0.15) is 5.56 Å². The van der Waals surface area contributed by atoms with Crippen molar-refractivity contribution in [2.24, 2.45) is 5.73 Å². The highest BCUT2D eigenvalue weighted by atomic mass is 35.5. The average Bonchev–Trinajstić information content (AvgIpc) is 2.99. The lowest BCUT2D eigenvalue weighted by atomic mass is 9.90. The van der Waals surface area contributed by atoms with Crippen LogP contribution >= 0.6 is 11.6 Å². The van der Waals surface area contributed by atoms with Crippen LogP contribution in [-0.2, 0) is 10.0 Å². The first-order valence-electron chi connectivity index (χ1n) is 8.58. The van der Waals surface area contributed by atoms with E-state index < -0.39 is 15.9 Å². The van der Waals surface area contributed by atoms with Crippen LogP contribution in [0.4, 0.5) is 11.5 Å². The minimum absolute atomic E-state index is 0.208. The summed E-state index contributed by atoms with van der Waals surface area (Å²) in [7, 11) is -3.33. The quantitative estimate of drug-likeness (QED) is 0.561. The molecule has 1 amide bonds. The van der Waals surface area contributed by atoms with Crippen LogP contribution in [0.25, 0.3) is 0 Å². The molecular formula is C17H21ClN6O3S. The maximum atomic E-state index is 11.8. The van der Waals surface area contributed by atoms with Crippen molar-refractivity contribution >= 4 is 44.7 Å². The van der Waals surface area contributed by atoms with E-state index >= 15 is 0 Å². The lowest BCUT2D eigenvalue weighted by molar-refractivity contribution is 0.100. The molecule has 9 nitrogen and oxygen atoms in total. The van der Waals surface area contributed by atoms with E-state index in [-0.39, 0.29) is 24.1 Å². The maximum absolute atomic E-state index is 11.8. The fraction of sp³-hybridized carbons (Fsp3) is 0.353. The Labute approximate surface area is 167 Å². The molecule has 0 bridgehead atoms. The zero-order valence-corrected chi connectivity index (χ0v) is 16.7. The van der Waals surface area contributed by atoms with Crippen molar-refractivity contribution in [2.75, 3.05) is 11.6 Å². The van der Waals surface area contributed by atoms with E-state index in [2.05, 4.69) is 15.1 Å². The molecule has 1 aliphatic carbocycles. The van der Waals surface area contributed by atoms with Gasteiger partial charge in [-0.05, 0) is 37.1 Å². The van der Waals surface area contributed by atoms with Crippen molar-refractivity contribution in [3.8, 4) is 0 Å². The number of nitrogens with two attached hydrogens (primary N) is 1. The predicted molar refractivity (Wildman–Crippen MR) is 108 cm³/mol. The number of amides is 1. The van der Waals surface area contributed by atoms with Crippen molar-refractivity contribution in [2.45, 2.75) is 31.3 Å². The fourth-order valence-corrected chi connectivity index (χ4v) is 4.16. The molecule has 1 saturated carbocycles. The Kier molecular flexibility index (Phi) is 5.73. The molecule has 0 aliphatic heterocycles. The van der Waals surface area contributed by atoms with Crippen LogP contribution < -0.4 is 15.8 Å². The first-order chi connectivity index (χ1) is 13.1. The summed E-state index contributed by atoms with van der Waals surface area (Å²) in [5, 5.41) is 16.3. The van der Waals surface area contributed by atoms with Gasteiger partial charge in [-0.15, -0.1) is 0 Å². The van der Waals surface area contributed by atoms with Gasteiger partial charge in [0.25, 0.3) is 5.91 Å². The van der Waals surface area contributed by atoms with Crippen LogP contribution in [0.2, 0.25) is 5.02 Å². The van der Waals surface area contributed by atoms with E-state index in [1.54, 1.807) is 24.3 Å². The molecule has 1 fully saturated rings. The third kappa shape index (κ3) is 4.89. The van der Waals surface area contributed by atoms with Crippen molar-refractivity contribution in [1.82, 2.24) is 14.5 Å². The molecule has 0 unspecified atom stereocenters. The number of carbonyl (C=O) groups is 1. The van der Waals surface area contributed by atoms with Gasteiger partial charge in [0.15, 0.2) is 5.82 Å².